The smallest absolute Gasteiger partial charge is 0.280 e. The van der Waals surface area contributed by atoms with Crippen molar-refractivity contribution < 1.29 is 14.9 Å². The lowest BCUT2D eigenvalue weighted by Gasteiger charge is -2.16. The Kier molecular flexibility index (Phi) is 3.71. The Bertz CT molecular complexity index is 969. The average Bonchev–Trinajstić information content (AvgIpc) is 3.16. The number of nitrogens with two attached hydrogens (primary N) is 1. The van der Waals surface area contributed by atoms with Gasteiger partial charge in [-0.25, -0.2) is 4.98 Å². The summed E-state index contributed by atoms with van der Waals surface area (Å²) in [6, 6.07) is 5.29. The van der Waals surface area contributed by atoms with Crippen molar-refractivity contribution in [3.63, 3.8) is 0 Å². The highest BCUT2D eigenvalue weighted by Crippen LogP contribution is 2.34. The summed E-state index contributed by atoms with van der Waals surface area (Å²) in [4.78, 5) is 27.4. The van der Waals surface area contributed by atoms with E-state index >= 15 is 0 Å². The fraction of sp³-hybridized carbons (Fsp3) is 0.333. The molecule has 10 heteroatoms. The first kappa shape index (κ1) is 15.7. The van der Waals surface area contributed by atoms with Gasteiger partial charge in [-0.1, -0.05) is 6.07 Å². The van der Waals surface area contributed by atoms with Gasteiger partial charge in [0.05, 0.1) is 12.7 Å². The molecule has 0 amide bonds. The number of nitrogen functional groups attached to an aromatic ring is 1. The van der Waals surface area contributed by atoms with Gasteiger partial charge in [-0.15, -0.1) is 0 Å². The Morgan fingerprint density at radius 3 is 2.92 bits per heavy atom. The molecule has 25 heavy (non-hydrogen) atoms. The molecule has 1 aliphatic rings. The predicted molar refractivity (Wildman–Crippen MR) is 87.4 cm³/mol. The minimum atomic E-state index is -0.844. The molecule has 1 saturated heterocycles. The van der Waals surface area contributed by atoms with Crippen molar-refractivity contribution in [2.24, 2.45) is 0 Å². The SMILES string of the molecule is Nc1nc2c(nc(-c3ccccn3)n2C2CC(O)C(CO)O2)c(=O)[nH]1. The van der Waals surface area contributed by atoms with Gasteiger partial charge in [0.2, 0.25) is 5.95 Å². The molecule has 0 radical (unpaired) electrons. The first-order valence-corrected chi connectivity index (χ1v) is 7.72. The molecular weight excluding hydrogens is 328 g/mol. The van der Waals surface area contributed by atoms with Crippen LogP contribution in [-0.2, 0) is 4.74 Å². The Balaban J connectivity index is 1.96. The lowest BCUT2D eigenvalue weighted by Crippen LogP contribution is -2.24. The van der Waals surface area contributed by atoms with Crippen molar-refractivity contribution in [1.29, 1.82) is 0 Å². The van der Waals surface area contributed by atoms with E-state index in [1.165, 1.54) is 0 Å². The van der Waals surface area contributed by atoms with Crippen LogP contribution in [0.1, 0.15) is 12.6 Å². The van der Waals surface area contributed by atoms with Crippen molar-refractivity contribution in [2.75, 3.05) is 12.3 Å². The normalized spacial score (nSPS) is 23.4. The molecule has 3 unspecified atom stereocenters. The lowest BCUT2D eigenvalue weighted by atomic mass is 10.2. The van der Waals surface area contributed by atoms with E-state index in [2.05, 4.69) is 19.9 Å². The molecule has 3 aromatic rings. The van der Waals surface area contributed by atoms with Gasteiger partial charge in [0.25, 0.3) is 5.56 Å². The summed E-state index contributed by atoms with van der Waals surface area (Å²) in [6.07, 6.45) is -0.416. The maximum absolute atomic E-state index is 12.2. The molecule has 0 aromatic carbocycles. The number of pyridine rings is 1. The highest BCUT2D eigenvalue weighted by Gasteiger charge is 2.37. The van der Waals surface area contributed by atoms with Crippen LogP contribution in [0.5, 0.6) is 0 Å². The maximum atomic E-state index is 12.2. The van der Waals surface area contributed by atoms with Crippen LogP contribution in [0.4, 0.5) is 5.95 Å². The molecule has 3 aromatic heterocycles. The van der Waals surface area contributed by atoms with Gasteiger partial charge in [0, 0.05) is 12.6 Å². The second kappa shape index (κ2) is 5.92. The number of aromatic nitrogens is 5. The molecule has 0 saturated carbocycles. The van der Waals surface area contributed by atoms with Crippen molar-refractivity contribution in [2.45, 2.75) is 24.9 Å². The molecule has 130 valence electrons. The Morgan fingerprint density at radius 2 is 2.24 bits per heavy atom. The van der Waals surface area contributed by atoms with E-state index in [4.69, 9.17) is 10.5 Å². The third-order valence-electron chi connectivity index (χ3n) is 4.13. The van der Waals surface area contributed by atoms with E-state index < -0.39 is 24.0 Å². The van der Waals surface area contributed by atoms with E-state index in [-0.39, 0.29) is 30.1 Å². The first-order valence-electron chi connectivity index (χ1n) is 7.72. The number of ether oxygens (including phenoxy) is 1. The second-order valence-corrected chi connectivity index (χ2v) is 5.76. The minimum Gasteiger partial charge on any atom is -0.394 e. The monoisotopic (exact) mass is 344 g/mol. The molecule has 10 nitrogen and oxygen atoms in total. The first-order chi connectivity index (χ1) is 12.1. The number of hydrogen-bond acceptors (Lipinski definition) is 8. The van der Waals surface area contributed by atoms with Crippen LogP contribution in [0.2, 0.25) is 0 Å². The summed E-state index contributed by atoms with van der Waals surface area (Å²) in [5.74, 6) is 0.318. The third-order valence-corrected chi connectivity index (χ3v) is 4.13. The minimum absolute atomic E-state index is 0.0523. The van der Waals surface area contributed by atoms with Crippen LogP contribution in [0.3, 0.4) is 0 Å². The molecule has 0 bridgehead atoms. The zero-order valence-corrected chi connectivity index (χ0v) is 13.0. The molecule has 4 rings (SSSR count). The van der Waals surface area contributed by atoms with Gasteiger partial charge in [-0.3, -0.25) is 19.3 Å². The quantitative estimate of drug-likeness (QED) is 0.492. The van der Waals surface area contributed by atoms with E-state index in [0.717, 1.165) is 0 Å². The Labute approximate surface area is 140 Å². The average molecular weight is 344 g/mol. The number of hydrogen-bond donors (Lipinski definition) is 4. The number of H-pyrrole nitrogens is 1. The molecule has 0 spiro atoms. The maximum Gasteiger partial charge on any atom is 0.280 e. The van der Waals surface area contributed by atoms with E-state index in [1.807, 2.05) is 0 Å². The summed E-state index contributed by atoms with van der Waals surface area (Å²) in [6.45, 7) is -0.320. The number of nitrogens with zero attached hydrogens (tertiary/aromatic N) is 4. The van der Waals surface area contributed by atoms with Crippen LogP contribution in [0, 0.1) is 0 Å². The second-order valence-electron chi connectivity index (χ2n) is 5.76. The molecule has 0 aliphatic carbocycles. The highest BCUT2D eigenvalue weighted by atomic mass is 16.5. The van der Waals surface area contributed by atoms with Crippen molar-refractivity contribution in [3.8, 4) is 11.5 Å². The van der Waals surface area contributed by atoms with Gasteiger partial charge < -0.3 is 20.7 Å². The Morgan fingerprint density at radius 1 is 1.40 bits per heavy atom. The largest absolute Gasteiger partial charge is 0.394 e. The third kappa shape index (κ3) is 2.56. The molecule has 3 atom stereocenters. The van der Waals surface area contributed by atoms with Crippen molar-refractivity contribution in [3.05, 3.63) is 34.7 Å². The van der Waals surface area contributed by atoms with E-state index in [1.54, 1.807) is 29.0 Å². The fourth-order valence-corrected chi connectivity index (χ4v) is 2.99. The fourth-order valence-electron chi connectivity index (χ4n) is 2.99. The van der Waals surface area contributed by atoms with Crippen LogP contribution >= 0.6 is 0 Å². The summed E-state index contributed by atoms with van der Waals surface area (Å²) >= 11 is 0. The molecule has 1 aliphatic heterocycles. The van der Waals surface area contributed by atoms with Crippen molar-refractivity contribution >= 4 is 17.1 Å². The molecule has 1 fully saturated rings. The topological polar surface area (TPSA) is 152 Å². The Hall–Kier alpha value is -2.82. The summed E-state index contributed by atoms with van der Waals surface area (Å²) in [5, 5.41) is 19.4. The van der Waals surface area contributed by atoms with Gasteiger partial charge in [0.1, 0.15) is 18.0 Å². The zero-order valence-electron chi connectivity index (χ0n) is 13.0. The number of anilines is 1. The number of aliphatic hydroxyl groups is 2. The highest BCUT2D eigenvalue weighted by molar-refractivity contribution is 5.76. The standard InChI is InChI=1S/C15H16N6O4/c16-15-19-13-11(14(24)20-15)18-12(7-3-1-2-4-17-7)21(13)10-5-8(23)9(6-22)25-10/h1-4,8-10,22-23H,5-6H2,(H3,16,19,20,24). The van der Waals surface area contributed by atoms with E-state index in [9.17, 15) is 15.0 Å². The molecule has 5 N–H and O–H groups in total. The number of rotatable bonds is 3. The van der Waals surface area contributed by atoms with Crippen LogP contribution in [-0.4, -0.2) is 53.5 Å². The lowest BCUT2D eigenvalue weighted by molar-refractivity contribution is -0.0427. The molecule has 4 heterocycles. The summed E-state index contributed by atoms with van der Waals surface area (Å²) < 4.78 is 7.30. The van der Waals surface area contributed by atoms with Crippen LogP contribution in [0.15, 0.2) is 29.2 Å². The van der Waals surface area contributed by atoms with E-state index in [0.29, 0.717) is 11.5 Å². The number of imidazole rings is 1. The van der Waals surface area contributed by atoms with Crippen molar-refractivity contribution in [1.82, 2.24) is 24.5 Å². The number of aliphatic hydroxyl groups excluding tert-OH is 2. The number of fused-ring (bicyclic) bond motifs is 1. The van der Waals surface area contributed by atoms with Crippen LogP contribution in [0.25, 0.3) is 22.7 Å². The predicted octanol–water partition coefficient (Wildman–Crippen LogP) is -0.596. The van der Waals surface area contributed by atoms with Gasteiger partial charge in [-0.2, -0.15) is 4.98 Å². The van der Waals surface area contributed by atoms with Gasteiger partial charge in [0.15, 0.2) is 17.0 Å². The van der Waals surface area contributed by atoms with Gasteiger partial charge in [-0.05, 0) is 12.1 Å². The molecular formula is C15H16N6O4. The number of aromatic amines is 1. The van der Waals surface area contributed by atoms with Crippen LogP contribution < -0.4 is 11.3 Å². The van der Waals surface area contributed by atoms with Gasteiger partial charge >= 0.3 is 0 Å². The summed E-state index contributed by atoms with van der Waals surface area (Å²) in [7, 11) is 0. The summed E-state index contributed by atoms with van der Waals surface area (Å²) in [5.41, 5.74) is 6.04. The number of nitrogens with one attached hydrogen (secondary N) is 1. The zero-order chi connectivity index (χ0) is 17.6.